The molecule has 158 valence electrons. The Morgan fingerprint density at radius 3 is 2.40 bits per heavy atom. The molecule has 2 aromatic carbocycles. The highest BCUT2D eigenvalue weighted by Crippen LogP contribution is 2.29. The molecule has 0 aliphatic rings. The summed E-state index contributed by atoms with van der Waals surface area (Å²) in [7, 11) is 3.48. The molecule has 3 aromatic rings. The number of nitrogens with zero attached hydrogens (tertiary/aromatic N) is 1. The molecule has 0 saturated carbocycles. The van der Waals surface area contributed by atoms with Crippen molar-refractivity contribution in [2.24, 2.45) is 0 Å². The minimum Gasteiger partial charge on any atom is -0.497 e. The van der Waals surface area contributed by atoms with Gasteiger partial charge in [-0.1, -0.05) is 56.3 Å². The zero-order chi connectivity index (χ0) is 21.9. The average molecular weight is 424 g/mol. The van der Waals surface area contributed by atoms with E-state index in [0.29, 0.717) is 6.54 Å². The lowest BCUT2D eigenvalue weighted by Crippen LogP contribution is -2.25. The number of hydrogen-bond donors (Lipinski definition) is 1. The largest absolute Gasteiger partial charge is 0.497 e. The SMILES string of the molecule is CC.COc1cccc(-c2ccc(/C(=C/CN(C)CC(=O)O)c3ccsc3)cc2)c1. The van der Waals surface area contributed by atoms with Crippen molar-refractivity contribution < 1.29 is 14.6 Å². The number of methoxy groups -OCH3 is 1. The Morgan fingerprint density at radius 1 is 1.07 bits per heavy atom. The number of aliphatic carboxylic acids is 1. The Bertz CT molecular complexity index is 947. The van der Waals surface area contributed by atoms with Crippen molar-refractivity contribution in [2.75, 3.05) is 27.2 Å². The normalized spacial score (nSPS) is 11.0. The Hall–Kier alpha value is -2.89. The zero-order valence-electron chi connectivity index (χ0n) is 18.0. The molecule has 0 fully saturated rings. The van der Waals surface area contributed by atoms with E-state index in [9.17, 15) is 4.79 Å². The van der Waals surface area contributed by atoms with Crippen molar-refractivity contribution in [3.05, 3.63) is 82.6 Å². The standard InChI is InChI=1S/C23H23NO3S.C2H6/c1-24(15-23(25)26)12-10-22(20-11-13-28-16-20)18-8-6-17(7-9-18)19-4-3-5-21(14-19)27-2;1-2/h3-11,13-14,16H,12,15H2,1-2H3,(H,25,26);1-2H3/b22-10-;. The third-order valence-corrected chi connectivity index (χ3v) is 5.13. The van der Waals surface area contributed by atoms with Crippen molar-refractivity contribution in [3.63, 3.8) is 0 Å². The van der Waals surface area contributed by atoms with Crippen LogP contribution >= 0.6 is 11.3 Å². The molecule has 0 bridgehead atoms. The summed E-state index contributed by atoms with van der Waals surface area (Å²) in [6.45, 7) is 4.58. The fourth-order valence-corrected chi connectivity index (χ4v) is 3.66. The summed E-state index contributed by atoms with van der Waals surface area (Å²) in [4.78, 5) is 12.7. The lowest BCUT2D eigenvalue weighted by molar-refractivity contribution is -0.137. The van der Waals surface area contributed by atoms with Crippen LogP contribution in [0.1, 0.15) is 25.0 Å². The van der Waals surface area contributed by atoms with Crippen molar-refractivity contribution in [1.29, 1.82) is 0 Å². The van der Waals surface area contributed by atoms with E-state index in [1.807, 2.05) is 39.1 Å². The van der Waals surface area contributed by atoms with Crippen LogP contribution in [0.15, 0.2) is 71.4 Å². The second-order valence-electron chi connectivity index (χ2n) is 6.53. The van der Waals surface area contributed by atoms with Crippen LogP contribution in [-0.4, -0.2) is 43.2 Å². The number of carboxylic acids is 1. The number of hydrogen-bond acceptors (Lipinski definition) is 4. The van der Waals surface area contributed by atoms with Gasteiger partial charge in [0, 0.05) is 6.54 Å². The first-order valence-corrected chi connectivity index (χ1v) is 10.9. The molecular weight excluding hydrogens is 394 g/mol. The summed E-state index contributed by atoms with van der Waals surface area (Å²) in [5, 5.41) is 13.1. The van der Waals surface area contributed by atoms with Crippen molar-refractivity contribution in [2.45, 2.75) is 13.8 Å². The first kappa shape index (κ1) is 23.4. The molecule has 0 radical (unpaired) electrons. The molecule has 0 spiro atoms. The molecule has 3 rings (SSSR count). The van der Waals surface area contributed by atoms with Gasteiger partial charge in [0.1, 0.15) is 5.75 Å². The quantitative estimate of drug-likeness (QED) is 0.490. The number of carboxylic acid groups (broad SMARTS) is 1. The molecule has 1 N–H and O–H groups in total. The van der Waals surface area contributed by atoms with Crippen LogP contribution in [-0.2, 0) is 4.79 Å². The molecule has 0 unspecified atom stereocenters. The van der Waals surface area contributed by atoms with Gasteiger partial charge < -0.3 is 9.84 Å². The maximum absolute atomic E-state index is 10.9. The van der Waals surface area contributed by atoms with Gasteiger partial charge in [-0.3, -0.25) is 9.69 Å². The molecular formula is C25H29NO3S. The summed E-state index contributed by atoms with van der Waals surface area (Å²) < 4.78 is 5.31. The first-order chi connectivity index (χ1) is 14.6. The highest BCUT2D eigenvalue weighted by Gasteiger charge is 2.09. The number of ether oxygens (including phenoxy) is 1. The van der Waals surface area contributed by atoms with E-state index in [0.717, 1.165) is 33.6 Å². The van der Waals surface area contributed by atoms with Gasteiger partial charge in [-0.15, -0.1) is 0 Å². The lowest BCUT2D eigenvalue weighted by atomic mass is 9.97. The number of likely N-dealkylation sites (N-methyl/N-ethyl adjacent to an activating group) is 1. The van der Waals surface area contributed by atoms with Crippen LogP contribution in [0.2, 0.25) is 0 Å². The smallest absolute Gasteiger partial charge is 0.317 e. The van der Waals surface area contributed by atoms with Gasteiger partial charge >= 0.3 is 5.97 Å². The van der Waals surface area contributed by atoms with Gasteiger partial charge in [-0.25, -0.2) is 0 Å². The zero-order valence-corrected chi connectivity index (χ0v) is 18.8. The first-order valence-electron chi connectivity index (χ1n) is 9.95. The van der Waals surface area contributed by atoms with E-state index < -0.39 is 5.97 Å². The van der Waals surface area contributed by atoms with E-state index in [1.165, 1.54) is 0 Å². The minimum atomic E-state index is -0.823. The van der Waals surface area contributed by atoms with E-state index in [2.05, 4.69) is 53.2 Å². The fourth-order valence-electron chi connectivity index (χ4n) is 3.01. The topological polar surface area (TPSA) is 49.8 Å². The van der Waals surface area contributed by atoms with Gasteiger partial charge in [0.25, 0.3) is 0 Å². The Balaban J connectivity index is 0.00000155. The second kappa shape index (κ2) is 12.0. The van der Waals surface area contributed by atoms with E-state index in [-0.39, 0.29) is 6.54 Å². The number of carbonyl (C=O) groups is 1. The van der Waals surface area contributed by atoms with Crippen LogP contribution in [0.25, 0.3) is 16.7 Å². The van der Waals surface area contributed by atoms with Crippen LogP contribution in [0.4, 0.5) is 0 Å². The number of rotatable bonds is 8. The van der Waals surface area contributed by atoms with E-state index in [1.54, 1.807) is 23.3 Å². The maximum atomic E-state index is 10.9. The minimum absolute atomic E-state index is 0.0161. The second-order valence-corrected chi connectivity index (χ2v) is 7.31. The van der Waals surface area contributed by atoms with Gasteiger partial charge in [0.15, 0.2) is 0 Å². The van der Waals surface area contributed by atoms with Crippen LogP contribution < -0.4 is 4.74 Å². The van der Waals surface area contributed by atoms with Crippen molar-refractivity contribution >= 4 is 22.9 Å². The van der Waals surface area contributed by atoms with Crippen LogP contribution in [0, 0.1) is 0 Å². The van der Waals surface area contributed by atoms with Crippen LogP contribution in [0.3, 0.4) is 0 Å². The summed E-state index contributed by atoms with van der Waals surface area (Å²) >= 11 is 1.65. The molecule has 0 saturated heterocycles. The number of benzene rings is 2. The van der Waals surface area contributed by atoms with E-state index in [4.69, 9.17) is 9.84 Å². The molecule has 1 aromatic heterocycles. The molecule has 4 nitrogen and oxygen atoms in total. The Labute approximate surface area is 183 Å². The van der Waals surface area contributed by atoms with Gasteiger partial charge in [0.2, 0.25) is 0 Å². The van der Waals surface area contributed by atoms with Gasteiger partial charge in [0.05, 0.1) is 13.7 Å². The summed E-state index contributed by atoms with van der Waals surface area (Å²) in [6.07, 6.45) is 2.09. The lowest BCUT2D eigenvalue weighted by Gasteiger charge is -2.14. The predicted molar refractivity (Wildman–Crippen MR) is 126 cm³/mol. The molecule has 0 aliphatic carbocycles. The fraction of sp³-hybridized carbons (Fsp3) is 0.240. The average Bonchev–Trinajstić information content (AvgIpc) is 3.30. The van der Waals surface area contributed by atoms with Gasteiger partial charge in [-0.2, -0.15) is 11.3 Å². The van der Waals surface area contributed by atoms with Crippen molar-refractivity contribution in [3.8, 4) is 16.9 Å². The summed E-state index contributed by atoms with van der Waals surface area (Å²) in [5.41, 5.74) is 5.58. The monoisotopic (exact) mass is 423 g/mol. The number of thiophene rings is 1. The molecule has 0 atom stereocenters. The third-order valence-electron chi connectivity index (χ3n) is 4.44. The highest BCUT2D eigenvalue weighted by atomic mass is 32.1. The third kappa shape index (κ3) is 6.58. The van der Waals surface area contributed by atoms with E-state index >= 15 is 0 Å². The molecule has 1 heterocycles. The van der Waals surface area contributed by atoms with Crippen LogP contribution in [0.5, 0.6) is 5.75 Å². The maximum Gasteiger partial charge on any atom is 0.317 e. The molecule has 0 aliphatic heterocycles. The molecule has 30 heavy (non-hydrogen) atoms. The Kier molecular flexibility index (Phi) is 9.32. The van der Waals surface area contributed by atoms with Gasteiger partial charge in [-0.05, 0) is 63.8 Å². The predicted octanol–water partition coefficient (Wildman–Crippen LogP) is 5.90. The molecule has 0 amide bonds. The summed E-state index contributed by atoms with van der Waals surface area (Å²) in [6, 6.07) is 18.5. The highest BCUT2D eigenvalue weighted by molar-refractivity contribution is 7.08. The van der Waals surface area contributed by atoms with Crippen molar-refractivity contribution in [1.82, 2.24) is 4.90 Å². The Morgan fingerprint density at radius 2 is 1.80 bits per heavy atom. The molecule has 5 heteroatoms. The summed E-state index contributed by atoms with van der Waals surface area (Å²) in [5.74, 6) is 0.0116.